The first kappa shape index (κ1) is 36.0. The molecule has 0 aliphatic rings. The van der Waals surface area contributed by atoms with Crippen LogP contribution >= 0.6 is 0 Å². The standard InChI is InChI=1S/C5H12N2O4.4ClH.Pt/c6-7-1-3(9)5(11)4(10)2-8;;;;;/h1,3-5,8-11H,2,6H2;4*1H;/q;;;;;+4/p-4/t3-,4-,5+;;;;;/m0...../s1. The molecule has 16 heavy (non-hydrogen) atoms. The summed E-state index contributed by atoms with van der Waals surface area (Å²) in [4.78, 5) is 0. The van der Waals surface area contributed by atoms with E-state index >= 15 is 0 Å². The molecule has 104 valence electrons. The maximum absolute atomic E-state index is 8.91. The summed E-state index contributed by atoms with van der Waals surface area (Å²) in [5.41, 5.74) is 0. The van der Waals surface area contributed by atoms with Crippen molar-refractivity contribution in [3.05, 3.63) is 0 Å². The monoisotopic (exact) mass is 499 g/mol. The number of rotatable bonds is 4. The molecule has 0 aromatic heterocycles. The Bertz CT molecular complexity index is 148. The quantitative estimate of drug-likeness (QED) is 0.149. The van der Waals surface area contributed by atoms with E-state index in [1.807, 2.05) is 0 Å². The number of aliphatic hydroxyl groups excluding tert-OH is 4. The molecule has 0 aromatic rings. The van der Waals surface area contributed by atoms with Crippen molar-refractivity contribution in [2.75, 3.05) is 6.61 Å². The van der Waals surface area contributed by atoms with Gasteiger partial charge in [-0.05, 0) is 0 Å². The number of nitrogens with zero attached hydrogens (tertiary/aromatic N) is 1. The Morgan fingerprint density at radius 1 is 1.06 bits per heavy atom. The molecule has 6 nitrogen and oxygen atoms in total. The van der Waals surface area contributed by atoms with Crippen LogP contribution < -0.4 is 55.5 Å². The average molecular weight is 501 g/mol. The number of halogens is 4. The van der Waals surface area contributed by atoms with E-state index in [2.05, 4.69) is 10.9 Å². The fourth-order valence-corrected chi connectivity index (χ4v) is 0.512. The smallest absolute Gasteiger partial charge is 1.00 e. The van der Waals surface area contributed by atoms with Gasteiger partial charge in [0.05, 0.1) is 12.8 Å². The van der Waals surface area contributed by atoms with Crippen molar-refractivity contribution in [1.29, 1.82) is 0 Å². The van der Waals surface area contributed by atoms with Crippen LogP contribution in [0.3, 0.4) is 0 Å². The van der Waals surface area contributed by atoms with Gasteiger partial charge in [0.2, 0.25) is 0 Å². The van der Waals surface area contributed by atoms with Crippen molar-refractivity contribution in [3.8, 4) is 0 Å². The molecule has 0 aliphatic heterocycles. The summed E-state index contributed by atoms with van der Waals surface area (Å²) in [6, 6.07) is 0. The van der Waals surface area contributed by atoms with Gasteiger partial charge in [-0.3, -0.25) is 0 Å². The molecular weight excluding hydrogens is 489 g/mol. The van der Waals surface area contributed by atoms with E-state index in [0.717, 1.165) is 6.21 Å². The number of aliphatic hydroxyl groups is 4. The fraction of sp³-hybridized carbons (Fsp3) is 0.800. The summed E-state index contributed by atoms with van der Waals surface area (Å²) >= 11 is 0. The van der Waals surface area contributed by atoms with E-state index in [1.54, 1.807) is 0 Å². The average Bonchev–Trinajstić information content (AvgIpc) is 2.02. The van der Waals surface area contributed by atoms with Crippen LogP contribution in [0, 0.1) is 0 Å². The van der Waals surface area contributed by atoms with Crippen molar-refractivity contribution in [1.82, 2.24) is 0 Å². The third-order valence-corrected chi connectivity index (χ3v) is 1.17. The second-order valence-electron chi connectivity index (χ2n) is 2.03. The molecule has 11 heteroatoms. The maximum atomic E-state index is 8.91. The second kappa shape index (κ2) is 21.4. The Morgan fingerprint density at radius 3 is 1.69 bits per heavy atom. The summed E-state index contributed by atoms with van der Waals surface area (Å²) in [6.07, 6.45) is -3.35. The van der Waals surface area contributed by atoms with Crippen LogP contribution in [0.15, 0.2) is 5.10 Å². The van der Waals surface area contributed by atoms with E-state index in [9.17, 15) is 0 Å². The third-order valence-electron chi connectivity index (χ3n) is 1.17. The zero-order valence-corrected chi connectivity index (χ0v) is 13.0. The van der Waals surface area contributed by atoms with Crippen LogP contribution in [0.2, 0.25) is 0 Å². The topological polar surface area (TPSA) is 119 Å². The molecule has 0 radical (unpaired) electrons. The van der Waals surface area contributed by atoms with Gasteiger partial charge in [-0.2, -0.15) is 5.10 Å². The van der Waals surface area contributed by atoms with Gasteiger partial charge in [0.25, 0.3) is 0 Å². The van der Waals surface area contributed by atoms with Crippen molar-refractivity contribution >= 4 is 6.21 Å². The number of hydrazone groups is 1. The van der Waals surface area contributed by atoms with Gasteiger partial charge in [0.15, 0.2) is 0 Å². The Balaban J connectivity index is -0.0000000500. The molecule has 0 heterocycles. The normalized spacial score (nSPS) is 13.8. The molecule has 0 spiro atoms. The molecule has 0 fully saturated rings. The Hall–Kier alpha value is 1.16. The summed E-state index contributed by atoms with van der Waals surface area (Å²) < 4.78 is 0. The molecule has 0 unspecified atom stereocenters. The van der Waals surface area contributed by atoms with Gasteiger partial charge >= 0.3 is 21.1 Å². The summed E-state index contributed by atoms with van der Waals surface area (Å²) in [7, 11) is 0. The van der Waals surface area contributed by atoms with Gasteiger partial charge < -0.3 is 75.9 Å². The first-order valence-corrected chi connectivity index (χ1v) is 3.02. The molecule has 0 amide bonds. The number of hydrogen-bond acceptors (Lipinski definition) is 6. The third kappa shape index (κ3) is 15.2. The largest absolute Gasteiger partial charge is 4.00 e. The van der Waals surface area contributed by atoms with Crippen LogP contribution in [-0.4, -0.2) is 51.6 Å². The van der Waals surface area contributed by atoms with Crippen LogP contribution in [0.25, 0.3) is 0 Å². The minimum Gasteiger partial charge on any atom is -1.00 e. The van der Waals surface area contributed by atoms with Crippen molar-refractivity contribution < 1.29 is 91.1 Å². The first-order chi connectivity index (χ1) is 5.13. The van der Waals surface area contributed by atoms with Crippen molar-refractivity contribution in [2.45, 2.75) is 18.3 Å². The summed E-state index contributed by atoms with van der Waals surface area (Å²) in [5, 5.41) is 37.8. The Morgan fingerprint density at radius 2 is 1.44 bits per heavy atom. The minimum absolute atomic E-state index is 0. The van der Waals surface area contributed by atoms with Gasteiger partial charge in [0.1, 0.15) is 18.3 Å². The first-order valence-electron chi connectivity index (χ1n) is 3.02. The van der Waals surface area contributed by atoms with Gasteiger partial charge in [-0.15, -0.1) is 0 Å². The van der Waals surface area contributed by atoms with Gasteiger partial charge in [-0.1, -0.05) is 0 Å². The fourth-order valence-electron chi connectivity index (χ4n) is 0.512. The molecule has 0 saturated heterocycles. The second-order valence-corrected chi connectivity index (χ2v) is 2.03. The van der Waals surface area contributed by atoms with E-state index in [0.29, 0.717) is 0 Å². The predicted molar refractivity (Wildman–Crippen MR) is 37.8 cm³/mol. The molecule has 3 atom stereocenters. The summed E-state index contributed by atoms with van der Waals surface area (Å²) in [5.74, 6) is 4.66. The number of hydrogen-bond donors (Lipinski definition) is 5. The molecule has 6 N–H and O–H groups in total. The Kier molecular flexibility index (Phi) is 48.2. The molecule has 0 bridgehead atoms. The van der Waals surface area contributed by atoms with Crippen molar-refractivity contribution in [2.24, 2.45) is 10.9 Å². The van der Waals surface area contributed by atoms with Crippen molar-refractivity contribution in [3.63, 3.8) is 0 Å². The molecule has 0 saturated carbocycles. The van der Waals surface area contributed by atoms with Crippen LogP contribution in [0.5, 0.6) is 0 Å². The number of nitrogens with two attached hydrogens (primary N) is 1. The zero-order chi connectivity index (χ0) is 8.85. The van der Waals surface area contributed by atoms with Gasteiger partial charge in [-0.25, -0.2) is 0 Å². The zero-order valence-electron chi connectivity index (χ0n) is 7.66. The van der Waals surface area contributed by atoms with Crippen LogP contribution in [0.1, 0.15) is 0 Å². The maximum Gasteiger partial charge on any atom is 4.00 e. The van der Waals surface area contributed by atoms with E-state index in [1.165, 1.54) is 0 Å². The van der Waals surface area contributed by atoms with Gasteiger partial charge in [0, 0.05) is 0 Å². The van der Waals surface area contributed by atoms with Crippen LogP contribution in [-0.2, 0) is 21.1 Å². The van der Waals surface area contributed by atoms with Crippen LogP contribution in [0.4, 0.5) is 0 Å². The van der Waals surface area contributed by atoms with E-state index < -0.39 is 24.9 Å². The molecule has 0 rings (SSSR count). The Labute approximate surface area is 133 Å². The van der Waals surface area contributed by atoms with E-state index in [-0.39, 0.29) is 70.7 Å². The minimum atomic E-state index is -1.47. The van der Waals surface area contributed by atoms with E-state index in [4.69, 9.17) is 20.4 Å². The SMILES string of the molecule is NN=C[C@H](O)[C@@H](O)[C@@H](O)CO.[Cl-].[Cl-].[Cl-].[Cl-].[Pt+4]. The summed E-state index contributed by atoms with van der Waals surface area (Å²) in [6.45, 7) is -0.628. The molecular formula is C5H12Cl4N2O4Pt. The molecule has 0 aromatic carbocycles. The molecule has 0 aliphatic carbocycles. The predicted octanol–water partition coefficient (Wildman–Crippen LogP) is -15.0.